The third kappa shape index (κ3) is 10.6. The summed E-state index contributed by atoms with van der Waals surface area (Å²) in [6, 6.07) is 0. The zero-order valence-electron chi connectivity index (χ0n) is 18.5. The summed E-state index contributed by atoms with van der Waals surface area (Å²) in [7, 11) is -0.900. The molecule has 168 valence electrons. The first-order valence-corrected chi connectivity index (χ1v) is 12.2. The monoisotopic (exact) mass is 437 g/mol. The van der Waals surface area contributed by atoms with Gasteiger partial charge in [-0.25, -0.2) is 12.8 Å². The van der Waals surface area contributed by atoms with E-state index in [9.17, 15) is 12.8 Å². The van der Waals surface area contributed by atoms with E-state index < -0.39 is 9.84 Å². The number of allylic oxidation sites excluding steroid dienone is 6. The molecule has 0 bridgehead atoms. The SMILES string of the molecule is C=CC=C1/C(=C\CN/C=C/C=C(\C)F)C(=C)CN(CCCS(C)(=O)=O)CCCN1C. The number of halogens is 1. The van der Waals surface area contributed by atoms with Crippen molar-refractivity contribution in [3.05, 3.63) is 72.4 Å². The van der Waals surface area contributed by atoms with Crippen molar-refractivity contribution in [1.82, 2.24) is 15.1 Å². The van der Waals surface area contributed by atoms with Gasteiger partial charge in [0.25, 0.3) is 0 Å². The number of likely N-dealkylation sites (N-methyl/N-ethyl adjacent to an activating group) is 1. The Balaban J connectivity index is 2.97. The van der Waals surface area contributed by atoms with E-state index in [2.05, 4.69) is 41.4 Å². The van der Waals surface area contributed by atoms with E-state index in [1.165, 1.54) is 19.3 Å². The molecule has 0 atom stereocenters. The zero-order valence-corrected chi connectivity index (χ0v) is 19.3. The standard InChI is InChI=1S/C23H36FN3O2S/c1-6-10-23-22(12-14-25-13-7-11-21(3)24)20(2)19-27(16-8-15-26(23)4)17-9-18-30(5,28)29/h6-7,10-13,25H,1-2,8-9,14-19H2,3-5H3/b13-7+,21-11+,22-12-,23-10?. The summed E-state index contributed by atoms with van der Waals surface area (Å²) in [5.74, 6) is -0.0479. The van der Waals surface area contributed by atoms with Gasteiger partial charge >= 0.3 is 0 Å². The molecule has 1 fully saturated rings. The highest BCUT2D eigenvalue weighted by Gasteiger charge is 2.19. The first-order chi connectivity index (χ1) is 14.1. The fourth-order valence-electron chi connectivity index (χ4n) is 3.27. The Kier molecular flexibility index (Phi) is 11.4. The average Bonchev–Trinajstić information content (AvgIpc) is 2.68. The van der Waals surface area contributed by atoms with Gasteiger partial charge in [0.05, 0.1) is 11.6 Å². The van der Waals surface area contributed by atoms with Gasteiger partial charge in [-0.3, -0.25) is 4.90 Å². The van der Waals surface area contributed by atoms with Crippen LogP contribution in [-0.2, 0) is 9.84 Å². The van der Waals surface area contributed by atoms with Gasteiger partial charge in [0.1, 0.15) is 9.84 Å². The number of hydrogen-bond acceptors (Lipinski definition) is 5. The summed E-state index contributed by atoms with van der Waals surface area (Å²) in [6.07, 6.45) is 13.4. The molecule has 0 saturated carbocycles. The van der Waals surface area contributed by atoms with E-state index in [1.54, 1.807) is 18.4 Å². The van der Waals surface area contributed by atoms with E-state index in [4.69, 9.17) is 0 Å². The molecule has 0 amide bonds. The van der Waals surface area contributed by atoms with Crippen molar-refractivity contribution >= 4 is 9.84 Å². The zero-order chi connectivity index (χ0) is 22.6. The van der Waals surface area contributed by atoms with Crippen molar-refractivity contribution in [2.75, 3.05) is 51.8 Å². The molecule has 30 heavy (non-hydrogen) atoms. The number of nitrogens with one attached hydrogen (secondary N) is 1. The lowest BCUT2D eigenvalue weighted by molar-refractivity contribution is 0.284. The Hall–Kier alpha value is -2.12. The predicted octanol–water partition coefficient (Wildman–Crippen LogP) is 3.59. The van der Waals surface area contributed by atoms with Gasteiger partial charge in [0.2, 0.25) is 0 Å². The van der Waals surface area contributed by atoms with Gasteiger partial charge < -0.3 is 10.2 Å². The molecule has 0 aromatic rings. The van der Waals surface area contributed by atoms with Crippen molar-refractivity contribution in [1.29, 1.82) is 0 Å². The second-order valence-electron chi connectivity index (χ2n) is 7.56. The minimum Gasteiger partial charge on any atom is -0.387 e. The molecule has 1 heterocycles. The fraction of sp³-hybridized carbons (Fsp3) is 0.478. The van der Waals surface area contributed by atoms with Crippen molar-refractivity contribution in [2.24, 2.45) is 0 Å². The number of rotatable bonds is 9. The van der Waals surface area contributed by atoms with Gasteiger partial charge in [0, 0.05) is 45.2 Å². The van der Waals surface area contributed by atoms with Crippen LogP contribution < -0.4 is 5.32 Å². The molecule has 0 unspecified atom stereocenters. The summed E-state index contributed by atoms with van der Waals surface area (Å²) >= 11 is 0. The third-order valence-electron chi connectivity index (χ3n) is 4.68. The van der Waals surface area contributed by atoms with Crippen molar-refractivity contribution in [2.45, 2.75) is 19.8 Å². The van der Waals surface area contributed by atoms with Crippen LogP contribution in [0.15, 0.2) is 72.4 Å². The number of sulfone groups is 1. The maximum Gasteiger partial charge on any atom is 0.147 e. The second-order valence-corrected chi connectivity index (χ2v) is 9.82. The molecule has 0 radical (unpaired) electrons. The van der Waals surface area contributed by atoms with Gasteiger partial charge in [0.15, 0.2) is 0 Å². The van der Waals surface area contributed by atoms with Gasteiger partial charge in [-0.2, -0.15) is 0 Å². The highest BCUT2D eigenvalue weighted by Crippen LogP contribution is 2.24. The molecule has 1 aliphatic rings. The maximum absolute atomic E-state index is 12.7. The molecule has 7 heteroatoms. The molecule has 0 aromatic carbocycles. The normalized spacial score (nSPS) is 20.5. The van der Waals surface area contributed by atoms with E-state index in [-0.39, 0.29) is 11.6 Å². The third-order valence-corrected chi connectivity index (χ3v) is 5.71. The van der Waals surface area contributed by atoms with Crippen LogP contribution in [0.5, 0.6) is 0 Å². The number of nitrogens with zero attached hydrogens (tertiary/aromatic N) is 2. The quantitative estimate of drug-likeness (QED) is 0.441. The topological polar surface area (TPSA) is 52.7 Å². The highest BCUT2D eigenvalue weighted by molar-refractivity contribution is 7.90. The van der Waals surface area contributed by atoms with Crippen LogP contribution in [-0.4, -0.2) is 70.0 Å². The van der Waals surface area contributed by atoms with Gasteiger partial charge in [-0.15, -0.1) is 0 Å². The average molecular weight is 438 g/mol. The van der Waals surface area contributed by atoms with E-state index >= 15 is 0 Å². The van der Waals surface area contributed by atoms with Crippen LogP contribution in [0.3, 0.4) is 0 Å². The lowest BCUT2D eigenvalue weighted by atomic mass is 10.0. The van der Waals surface area contributed by atoms with Crippen LogP contribution in [0, 0.1) is 0 Å². The summed E-state index contributed by atoms with van der Waals surface area (Å²) in [5, 5.41) is 3.14. The summed E-state index contributed by atoms with van der Waals surface area (Å²) < 4.78 is 35.6. The lowest BCUT2D eigenvalue weighted by Gasteiger charge is -2.25. The Bertz CT molecular complexity index is 806. The first kappa shape index (κ1) is 25.9. The molecular weight excluding hydrogens is 401 g/mol. The summed E-state index contributed by atoms with van der Waals surface area (Å²) in [6.45, 7) is 13.3. The smallest absolute Gasteiger partial charge is 0.147 e. The van der Waals surface area contributed by atoms with E-state index in [0.717, 1.165) is 42.9 Å². The van der Waals surface area contributed by atoms with E-state index in [1.807, 2.05) is 6.08 Å². The second kappa shape index (κ2) is 13.2. The largest absolute Gasteiger partial charge is 0.387 e. The number of hydrogen-bond donors (Lipinski definition) is 1. The highest BCUT2D eigenvalue weighted by atomic mass is 32.2. The Morgan fingerprint density at radius 3 is 2.70 bits per heavy atom. The molecule has 1 rings (SSSR count). The van der Waals surface area contributed by atoms with Crippen LogP contribution in [0.1, 0.15) is 19.8 Å². The summed E-state index contributed by atoms with van der Waals surface area (Å²) in [4.78, 5) is 4.47. The first-order valence-electron chi connectivity index (χ1n) is 10.2. The van der Waals surface area contributed by atoms with Gasteiger partial charge in [-0.1, -0.05) is 25.3 Å². The molecule has 1 aliphatic heterocycles. The van der Waals surface area contributed by atoms with Crippen molar-refractivity contribution in [3.8, 4) is 0 Å². The molecule has 0 spiro atoms. The Morgan fingerprint density at radius 1 is 1.33 bits per heavy atom. The van der Waals surface area contributed by atoms with Crippen molar-refractivity contribution in [3.63, 3.8) is 0 Å². The summed E-state index contributed by atoms with van der Waals surface area (Å²) in [5.41, 5.74) is 3.06. The Labute approximate surface area is 181 Å². The molecule has 5 nitrogen and oxygen atoms in total. The lowest BCUT2D eigenvalue weighted by Crippen LogP contribution is -2.30. The fourth-order valence-corrected chi connectivity index (χ4v) is 3.92. The minimum atomic E-state index is -2.95. The maximum atomic E-state index is 12.7. The molecular formula is C23H36FN3O2S. The Morgan fingerprint density at radius 2 is 2.07 bits per heavy atom. The van der Waals surface area contributed by atoms with Crippen LogP contribution >= 0.6 is 0 Å². The molecule has 1 N–H and O–H groups in total. The van der Waals surface area contributed by atoms with Gasteiger partial charge in [-0.05, 0) is 61.9 Å². The van der Waals surface area contributed by atoms with Crippen LogP contribution in [0.2, 0.25) is 0 Å². The predicted molar refractivity (Wildman–Crippen MR) is 126 cm³/mol. The van der Waals surface area contributed by atoms with Crippen LogP contribution in [0.4, 0.5) is 4.39 Å². The molecule has 1 saturated heterocycles. The minimum absolute atomic E-state index is 0.198. The molecule has 0 aromatic heterocycles. The van der Waals surface area contributed by atoms with Crippen LogP contribution in [0.25, 0.3) is 0 Å². The van der Waals surface area contributed by atoms with Crippen molar-refractivity contribution < 1.29 is 12.8 Å². The van der Waals surface area contributed by atoms with E-state index in [0.29, 0.717) is 19.5 Å². The molecule has 0 aliphatic carbocycles.